The minimum absolute atomic E-state index is 0. The van der Waals surface area contributed by atoms with Gasteiger partial charge in [-0.2, -0.15) is 0 Å². The van der Waals surface area contributed by atoms with Gasteiger partial charge in [-0.05, 0) is 56.0 Å². The second-order valence-electron chi connectivity index (χ2n) is 5.91. The third-order valence-corrected chi connectivity index (χ3v) is 3.93. The molecule has 0 radical (unpaired) electrons. The lowest BCUT2D eigenvalue weighted by molar-refractivity contribution is -0.115. The van der Waals surface area contributed by atoms with Crippen LogP contribution in [-0.2, 0) is 11.3 Å². The van der Waals surface area contributed by atoms with Crippen LogP contribution in [0.5, 0.6) is 0 Å². The molecule has 0 spiro atoms. The number of rotatable bonds is 7. The number of aromatic nitrogens is 1. The molecule has 0 unspecified atom stereocenters. The molecule has 1 aliphatic rings. The van der Waals surface area contributed by atoms with E-state index in [9.17, 15) is 4.79 Å². The summed E-state index contributed by atoms with van der Waals surface area (Å²) in [6.45, 7) is 4.56. The summed E-state index contributed by atoms with van der Waals surface area (Å²) in [5.41, 5.74) is 2.09. The number of hydrogen-bond acceptors (Lipinski definition) is 2. The number of carbonyl (C=O) groups excluding carboxylic acids is 1. The maximum absolute atomic E-state index is 11.9. The van der Waals surface area contributed by atoms with Crippen molar-refractivity contribution in [2.45, 2.75) is 32.7 Å². The molecule has 2 aromatic rings. The Bertz CT molecular complexity index is 638. The maximum Gasteiger partial charge on any atom is 0.238 e. The van der Waals surface area contributed by atoms with E-state index in [1.54, 1.807) is 0 Å². The van der Waals surface area contributed by atoms with Crippen LogP contribution in [0.25, 0.3) is 10.9 Å². The van der Waals surface area contributed by atoms with Crippen molar-refractivity contribution in [1.82, 2.24) is 9.88 Å². The van der Waals surface area contributed by atoms with Crippen LogP contribution in [0.15, 0.2) is 30.5 Å². The summed E-state index contributed by atoms with van der Waals surface area (Å²) in [6.07, 6.45) is 5.84. The molecule has 2 N–H and O–H groups in total. The number of hydrogen-bond donors (Lipinski definition) is 2. The topological polar surface area (TPSA) is 46.1 Å². The summed E-state index contributed by atoms with van der Waals surface area (Å²) in [5.74, 6) is 0.829. The first kappa shape index (κ1) is 19.8. The lowest BCUT2D eigenvalue weighted by Gasteiger charge is -2.07. The van der Waals surface area contributed by atoms with Gasteiger partial charge in [-0.15, -0.1) is 24.8 Å². The largest absolute Gasteiger partial charge is 0.347 e. The molecule has 1 heterocycles. The van der Waals surface area contributed by atoms with Crippen LogP contribution in [-0.4, -0.2) is 23.6 Å². The molecule has 1 fully saturated rings. The first-order valence-electron chi connectivity index (χ1n) is 7.85. The normalized spacial score (nSPS) is 13.3. The van der Waals surface area contributed by atoms with Gasteiger partial charge in [0.1, 0.15) is 0 Å². The van der Waals surface area contributed by atoms with E-state index in [0.29, 0.717) is 6.54 Å². The fraction of sp³-hybridized carbons (Fsp3) is 0.471. The van der Waals surface area contributed by atoms with E-state index >= 15 is 0 Å². The fourth-order valence-corrected chi connectivity index (χ4v) is 2.63. The van der Waals surface area contributed by atoms with Crippen molar-refractivity contribution in [2.75, 3.05) is 18.4 Å². The van der Waals surface area contributed by atoms with Crippen molar-refractivity contribution in [3.05, 3.63) is 30.5 Å². The molecule has 0 aliphatic heterocycles. The Morgan fingerprint density at radius 3 is 2.74 bits per heavy atom. The van der Waals surface area contributed by atoms with E-state index in [2.05, 4.69) is 40.5 Å². The molecule has 1 aromatic carbocycles. The second kappa shape index (κ2) is 9.16. The molecule has 1 aliphatic carbocycles. The molecule has 1 amide bonds. The summed E-state index contributed by atoms with van der Waals surface area (Å²) >= 11 is 0. The summed E-state index contributed by atoms with van der Waals surface area (Å²) in [6, 6.07) is 8.21. The highest BCUT2D eigenvalue weighted by molar-refractivity contribution is 5.95. The zero-order valence-corrected chi connectivity index (χ0v) is 15.0. The Morgan fingerprint density at radius 1 is 1.26 bits per heavy atom. The van der Waals surface area contributed by atoms with Crippen molar-refractivity contribution in [1.29, 1.82) is 0 Å². The molecule has 128 valence electrons. The highest BCUT2D eigenvalue weighted by Crippen LogP contribution is 2.27. The Hall–Kier alpha value is -1.23. The molecule has 0 atom stereocenters. The monoisotopic (exact) mass is 357 g/mol. The first-order valence-corrected chi connectivity index (χ1v) is 7.85. The number of benzene rings is 1. The van der Waals surface area contributed by atoms with E-state index in [1.807, 2.05) is 12.1 Å². The summed E-state index contributed by atoms with van der Waals surface area (Å²) in [4.78, 5) is 11.9. The van der Waals surface area contributed by atoms with Crippen molar-refractivity contribution in [2.24, 2.45) is 5.92 Å². The molecular weight excluding hydrogens is 333 g/mol. The number of aryl methyl sites for hydroxylation is 1. The minimum Gasteiger partial charge on any atom is -0.347 e. The highest BCUT2D eigenvalue weighted by Gasteiger charge is 2.20. The first-order chi connectivity index (χ1) is 10.3. The van der Waals surface area contributed by atoms with Gasteiger partial charge >= 0.3 is 0 Å². The van der Waals surface area contributed by atoms with Crippen molar-refractivity contribution in [3.8, 4) is 0 Å². The zero-order valence-electron chi connectivity index (χ0n) is 13.4. The van der Waals surface area contributed by atoms with E-state index < -0.39 is 0 Å². The van der Waals surface area contributed by atoms with E-state index in [-0.39, 0.29) is 30.7 Å². The van der Waals surface area contributed by atoms with Gasteiger partial charge in [0.15, 0.2) is 0 Å². The lowest BCUT2D eigenvalue weighted by atomic mass is 10.2. The van der Waals surface area contributed by atoms with E-state index in [0.717, 1.165) is 31.1 Å². The van der Waals surface area contributed by atoms with Gasteiger partial charge in [0.25, 0.3) is 0 Å². The van der Waals surface area contributed by atoms with Crippen molar-refractivity contribution in [3.63, 3.8) is 0 Å². The predicted octanol–water partition coefficient (Wildman–Crippen LogP) is 3.83. The Labute approximate surface area is 149 Å². The van der Waals surface area contributed by atoms with Crippen LogP contribution in [0.4, 0.5) is 5.69 Å². The second-order valence-corrected chi connectivity index (χ2v) is 5.91. The zero-order chi connectivity index (χ0) is 14.7. The number of amides is 1. The number of nitrogens with one attached hydrogen (secondary N) is 2. The smallest absolute Gasteiger partial charge is 0.238 e. The number of nitrogens with zero attached hydrogens (tertiary/aromatic N) is 1. The van der Waals surface area contributed by atoms with Crippen LogP contribution in [0.3, 0.4) is 0 Å². The molecule has 4 nitrogen and oxygen atoms in total. The van der Waals surface area contributed by atoms with Crippen LogP contribution >= 0.6 is 24.8 Å². The Kier molecular flexibility index (Phi) is 7.89. The molecule has 3 rings (SSSR count). The quantitative estimate of drug-likeness (QED) is 0.790. The Balaban J connectivity index is 0.00000132. The van der Waals surface area contributed by atoms with E-state index in [1.165, 1.54) is 23.7 Å². The van der Waals surface area contributed by atoms with Crippen LogP contribution in [0.2, 0.25) is 0 Å². The van der Waals surface area contributed by atoms with Gasteiger partial charge in [-0.3, -0.25) is 4.79 Å². The lowest BCUT2D eigenvalue weighted by Crippen LogP contribution is -2.29. The third-order valence-electron chi connectivity index (χ3n) is 3.93. The van der Waals surface area contributed by atoms with Gasteiger partial charge in [-0.1, -0.05) is 6.92 Å². The molecule has 1 saturated carbocycles. The predicted molar refractivity (Wildman–Crippen MR) is 101 cm³/mol. The van der Waals surface area contributed by atoms with Crippen LogP contribution in [0, 0.1) is 5.92 Å². The molecule has 0 saturated heterocycles. The molecule has 1 aromatic heterocycles. The highest BCUT2D eigenvalue weighted by atomic mass is 35.5. The van der Waals surface area contributed by atoms with Gasteiger partial charge in [-0.25, -0.2) is 0 Å². The summed E-state index contributed by atoms with van der Waals surface area (Å²) < 4.78 is 2.25. The number of fused-ring (bicyclic) bond motifs is 1. The average molecular weight is 358 g/mol. The number of carbonyl (C=O) groups is 1. The standard InChI is InChI=1S/C17H23N3O.2ClH/c1-2-8-20-9-7-14-10-15(5-6-16(14)20)19-17(21)12-18-11-13-3-4-13;;/h5-7,9-10,13,18H,2-4,8,11-12H2,1H3,(H,19,21);2*1H. The molecule has 23 heavy (non-hydrogen) atoms. The van der Waals surface area contributed by atoms with Gasteiger partial charge in [0, 0.05) is 29.3 Å². The number of anilines is 1. The number of halogens is 2. The summed E-state index contributed by atoms with van der Waals surface area (Å²) in [5, 5.41) is 7.34. The van der Waals surface area contributed by atoms with Crippen LogP contribution < -0.4 is 10.6 Å². The molecule has 6 heteroatoms. The van der Waals surface area contributed by atoms with Gasteiger partial charge in [0.2, 0.25) is 5.91 Å². The van der Waals surface area contributed by atoms with E-state index in [4.69, 9.17) is 0 Å². The third kappa shape index (κ3) is 5.41. The van der Waals surface area contributed by atoms with Crippen LogP contribution in [0.1, 0.15) is 26.2 Å². The SMILES string of the molecule is CCCn1ccc2cc(NC(=O)CNCC3CC3)ccc21.Cl.Cl. The maximum atomic E-state index is 11.9. The van der Waals surface area contributed by atoms with Gasteiger partial charge < -0.3 is 15.2 Å². The fourth-order valence-electron chi connectivity index (χ4n) is 2.63. The van der Waals surface area contributed by atoms with Crippen molar-refractivity contribution < 1.29 is 4.79 Å². The average Bonchev–Trinajstić information content (AvgIpc) is 3.21. The molecule has 0 bridgehead atoms. The Morgan fingerprint density at radius 2 is 2.04 bits per heavy atom. The molecular formula is C17H25Cl2N3O. The summed E-state index contributed by atoms with van der Waals surface area (Å²) in [7, 11) is 0. The minimum atomic E-state index is 0. The van der Waals surface area contributed by atoms with Crippen molar-refractivity contribution >= 4 is 47.3 Å². The van der Waals surface area contributed by atoms with Gasteiger partial charge in [0.05, 0.1) is 6.54 Å².